The summed E-state index contributed by atoms with van der Waals surface area (Å²) < 4.78 is 21.4. The van der Waals surface area contributed by atoms with E-state index in [4.69, 9.17) is 18.9 Å². The molecule has 1 fully saturated rings. The molecule has 2 amide bonds. The molecule has 3 rings (SSSR count). The summed E-state index contributed by atoms with van der Waals surface area (Å²) in [5.74, 6) is 0.743. The van der Waals surface area contributed by atoms with E-state index in [1.54, 1.807) is 17.0 Å². The van der Waals surface area contributed by atoms with E-state index in [0.717, 1.165) is 5.56 Å². The highest BCUT2D eigenvalue weighted by molar-refractivity contribution is 5.95. The molecule has 0 bridgehead atoms. The lowest BCUT2D eigenvalue weighted by molar-refractivity contribution is -0.155. The molecule has 0 saturated carbocycles. The molecule has 0 aliphatic carbocycles. The van der Waals surface area contributed by atoms with Crippen molar-refractivity contribution in [2.45, 2.75) is 19.1 Å². The fraction of sp³-hybridized carbons (Fsp3) is 0.364. The van der Waals surface area contributed by atoms with Crippen molar-refractivity contribution in [2.75, 3.05) is 39.8 Å². The minimum atomic E-state index is -0.815. The molecule has 30 heavy (non-hydrogen) atoms. The summed E-state index contributed by atoms with van der Waals surface area (Å²) in [5.41, 5.74) is 1.51. The minimum Gasteiger partial charge on any atom is -0.493 e. The van der Waals surface area contributed by atoms with Crippen molar-refractivity contribution in [3.8, 4) is 17.2 Å². The second kappa shape index (κ2) is 9.98. The molecule has 1 saturated heterocycles. The molecule has 1 heterocycles. The van der Waals surface area contributed by atoms with Gasteiger partial charge in [-0.05, 0) is 5.56 Å². The maximum atomic E-state index is 12.8. The van der Waals surface area contributed by atoms with Crippen LogP contribution in [0.15, 0.2) is 42.5 Å². The van der Waals surface area contributed by atoms with Gasteiger partial charge in [0.1, 0.15) is 6.10 Å². The summed E-state index contributed by atoms with van der Waals surface area (Å²) in [6.07, 6.45) is -0.898. The van der Waals surface area contributed by atoms with Crippen molar-refractivity contribution in [2.24, 2.45) is 0 Å². The van der Waals surface area contributed by atoms with Gasteiger partial charge in [-0.3, -0.25) is 9.59 Å². The van der Waals surface area contributed by atoms with E-state index in [0.29, 0.717) is 42.6 Å². The van der Waals surface area contributed by atoms with Gasteiger partial charge in [-0.2, -0.15) is 0 Å². The zero-order valence-corrected chi connectivity index (χ0v) is 17.3. The van der Waals surface area contributed by atoms with E-state index >= 15 is 0 Å². The van der Waals surface area contributed by atoms with Crippen molar-refractivity contribution >= 4 is 17.5 Å². The second-order valence-corrected chi connectivity index (χ2v) is 6.77. The molecule has 1 N–H and O–H groups in total. The summed E-state index contributed by atoms with van der Waals surface area (Å²) in [7, 11) is 4.50. The molecule has 160 valence electrons. The lowest BCUT2D eigenvalue weighted by atomic mass is 10.1. The van der Waals surface area contributed by atoms with Crippen LogP contribution in [0.2, 0.25) is 0 Å². The first kappa shape index (κ1) is 21.4. The molecule has 1 aliphatic rings. The lowest BCUT2D eigenvalue weighted by Gasteiger charge is -2.32. The number of morpholine rings is 1. The Balaban J connectivity index is 1.65. The number of hydrogen-bond donors (Lipinski definition) is 1. The van der Waals surface area contributed by atoms with Gasteiger partial charge in [0.05, 0.1) is 34.4 Å². The molecule has 0 spiro atoms. The second-order valence-electron chi connectivity index (χ2n) is 6.77. The molecule has 0 radical (unpaired) electrons. The monoisotopic (exact) mass is 414 g/mol. The Bertz CT molecular complexity index is 861. The third kappa shape index (κ3) is 5.01. The van der Waals surface area contributed by atoms with E-state index in [1.807, 2.05) is 30.3 Å². The Hall–Kier alpha value is -3.26. The fourth-order valence-corrected chi connectivity index (χ4v) is 3.33. The van der Waals surface area contributed by atoms with E-state index in [-0.39, 0.29) is 18.2 Å². The van der Waals surface area contributed by atoms with Crippen LogP contribution >= 0.6 is 0 Å². The quantitative estimate of drug-likeness (QED) is 0.714. The fourth-order valence-electron chi connectivity index (χ4n) is 3.33. The van der Waals surface area contributed by atoms with Gasteiger partial charge in [-0.1, -0.05) is 30.3 Å². The smallest absolute Gasteiger partial charge is 0.252 e. The van der Waals surface area contributed by atoms with E-state index in [1.165, 1.54) is 21.3 Å². The Kier molecular flexibility index (Phi) is 7.13. The predicted octanol–water partition coefficient (Wildman–Crippen LogP) is 2.47. The van der Waals surface area contributed by atoms with Gasteiger partial charge < -0.3 is 29.2 Å². The van der Waals surface area contributed by atoms with Crippen LogP contribution < -0.4 is 19.5 Å². The van der Waals surface area contributed by atoms with Crippen LogP contribution in [0.3, 0.4) is 0 Å². The number of carbonyl (C=O) groups excluding carboxylic acids is 2. The molecule has 2 aromatic carbocycles. The topological polar surface area (TPSA) is 86.3 Å². The van der Waals surface area contributed by atoms with Crippen molar-refractivity contribution in [1.29, 1.82) is 0 Å². The van der Waals surface area contributed by atoms with Crippen molar-refractivity contribution in [3.05, 3.63) is 48.0 Å². The maximum absolute atomic E-state index is 12.8. The minimum absolute atomic E-state index is 0.0826. The van der Waals surface area contributed by atoms with Crippen LogP contribution in [0.5, 0.6) is 17.2 Å². The maximum Gasteiger partial charge on any atom is 0.252 e. The largest absolute Gasteiger partial charge is 0.493 e. The number of nitrogens with one attached hydrogen (secondary N) is 1. The highest BCUT2D eigenvalue weighted by Gasteiger charge is 2.31. The number of anilines is 1. The first-order valence-corrected chi connectivity index (χ1v) is 9.60. The number of carbonyl (C=O) groups is 2. The van der Waals surface area contributed by atoms with E-state index < -0.39 is 6.10 Å². The van der Waals surface area contributed by atoms with E-state index in [9.17, 15) is 9.59 Å². The molecule has 8 heteroatoms. The van der Waals surface area contributed by atoms with Crippen LogP contribution in [0.1, 0.15) is 12.0 Å². The Labute approximate surface area is 175 Å². The Morgan fingerprint density at radius 3 is 2.37 bits per heavy atom. The summed E-state index contributed by atoms with van der Waals surface area (Å²) >= 11 is 0. The lowest BCUT2D eigenvalue weighted by Crippen LogP contribution is -2.48. The summed E-state index contributed by atoms with van der Waals surface area (Å²) in [6, 6.07) is 13.0. The van der Waals surface area contributed by atoms with Gasteiger partial charge in [-0.15, -0.1) is 0 Å². The number of hydrogen-bond acceptors (Lipinski definition) is 6. The van der Waals surface area contributed by atoms with Crippen LogP contribution in [0, 0.1) is 0 Å². The molecule has 0 aromatic heterocycles. The molecule has 1 aliphatic heterocycles. The van der Waals surface area contributed by atoms with Crippen LogP contribution in [0.25, 0.3) is 0 Å². The number of ether oxygens (including phenoxy) is 4. The third-order valence-corrected chi connectivity index (χ3v) is 4.80. The molecule has 1 atom stereocenters. The summed E-state index contributed by atoms with van der Waals surface area (Å²) in [5, 5.41) is 2.77. The molecule has 0 unspecified atom stereocenters. The Morgan fingerprint density at radius 1 is 1.10 bits per heavy atom. The predicted molar refractivity (Wildman–Crippen MR) is 111 cm³/mol. The van der Waals surface area contributed by atoms with Gasteiger partial charge in [-0.25, -0.2) is 0 Å². The number of benzene rings is 2. The first-order valence-electron chi connectivity index (χ1n) is 9.60. The SMILES string of the molecule is COc1cc(NC(=O)C[C@@H]2OCCN(Cc3ccccc3)C2=O)cc(OC)c1OC. The average molecular weight is 414 g/mol. The molecule has 8 nitrogen and oxygen atoms in total. The molecule has 2 aromatic rings. The van der Waals surface area contributed by atoms with Gasteiger partial charge in [0.2, 0.25) is 11.7 Å². The summed E-state index contributed by atoms with van der Waals surface area (Å²) in [6.45, 7) is 1.38. The zero-order valence-electron chi connectivity index (χ0n) is 17.3. The number of methoxy groups -OCH3 is 3. The highest BCUT2D eigenvalue weighted by Crippen LogP contribution is 2.40. The van der Waals surface area contributed by atoms with Crippen molar-refractivity contribution < 1.29 is 28.5 Å². The van der Waals surface area contributed by atoms with Crippen LogP contribution in [-0.4, -0.2) is 57.3 Å². The normalized spacial score (nSPS) is 16.2. The zero-order chi connectivity index (χ0) is 21.5. The number of amides is 2. The van der Waals surface area contributed by atoms with E-state index in [2.05, 4.69) is 5.32 Å². The number of rotatable bonds is 8. The van der Waals surface area contributed by atoms with Crippen LogP contribution in [0.4, 0.5) is 5.69 Å². The van der Waals surface area contributed by atoms with Gasteiger partial charge in [0, 0.05) is 30.9 Å². The number of nitrogens with zero attached hydrogens (tertiary/aromatic N) is 1. The summed E-state index contributed by atoms with van der Waals surface area (Å²) in [4.78, 5) is 27.1. The average Bonchev–Trinajstić information content (AvgIpc) is 2.76. The standard InChI is InChI=1S/C22H26N2O6/c1-27-17-11-16(12-18(28-2)21(17)29-3)23-20(25)13-19-22(26)24(9-10-30-19)14-15-7-5-4-6-8-15/h4-8,11-12,19H,9-10,13-14H2,1-3H3,(H,23,25)/t19-/m0/s1. The molecular formula is C22H26N2O6. The van der Waals surface area contributed by atoms with Gasteiger partial charge >= 0.3 is 0 Å². The Morgan fingerprint density at radius 2 is 1.77 bits per heavy atom. The third-order valence-electron chi connectivity index (χ3n) is 4.80. The molecular weight excluding hydrogens is 388 g/mol. The van der Waals surface area contributed by atoms with Crippen molar-refractivity contribution in [1.82, 2.24) is 4.90 Å². The van der Waals surface area contributed by atoms with Crippen molar-refractivity contribution in [3.63, 3.8) is 0 Å². The van der Waals surface area contributed by atoms with Gasteiger partial charge in [0.15, 0.2) is 11.5 Å². The van der Waals surface area contributed by atoms with Gasteiger partial charge in [0.25, 0.3) is 5.91 Å². The van der Waals surface area contributed by atoms with Crippen LogP contribution in [-0.2, 0) is 20.9 Å². The first-order chi connectivity index (χ1) is 14.5. The highest BCUT2D eigenvalue weighted by atomic mass is 16.5.